The standard InChI is InChI=1S/C25H26F2N4O5/c1-12(2)18(24(35)28-11-13-10-14(26)8-9-16(13)27)30-20-19(22(33)23(20)34)29-17-7-5-6-15(21(17)32)25(36)31(3)4/h5-10,12,18,29-30,32H,11H2,1-4H3,(H,28,35)/t18-/m1/s1. The Morgan fingerprint density at radius 3 is 2.33 bits per heavy atom. The van der Waals surface area contributed by atoms with Gasteiger partial charge < -0.3 is 26.0 Å². The molecule has 2 amide bonds. The number of carbonyl (C=O) groups excluding carboxylic acids is 2. The van der Waals surface area contributed by atoms with Crippen molar-refractivity contribution in [1.82, 2.24) is 10.2 Å². The molecule has 11 heteroatoms. The van der Waals surface area contributed by atoms with Crippen LogP contribution in [0.3, 0.4) is 0 Å². The van der Waals surface area contributed by atoms with Gasteiger partial charge in [-0.1, -0.05) is 19.9 Å². The third-order valence-electron chi connectivity index (χ3n) is 5.55. The molecular formula is C25H26F2N4O5. The van der Waals surface area contributed by atoms with Crippen molar-refractivity contribution >= 4 is 28.9 Å². The summed E-state index contributed by atoms with van der Waals surface area (Å²) in [6.07, 6.45) is 0. The number of carbonyl (C=O) groups is 2. The molecule has 9 nitrogen and oxygen atoms in total. The van der Waals surface area contributed by atoms with E-state index in [0.717, 1.165) is 18.2 Å². The molecule has 3 aromatic rings. The highest BCUT2D eigenvalue weighted by molar-refractivity contribution is 5.99. The van der Waals surface area contributed by atoms with E-state index >= 15 is 0 Å². The zero-order chi connectivity index (χ0) is 26.7. The number of benzene rings is 2. The topological polar surface area (TPSA) is 128 Å². The molecule has 0 unspecified atom stereocenters. The summed E-state index contributed by atoms with van der Waals surface area (Å²) in [6.45, 7) is 3.10. The maximum Gasteiger partial charge on any atom is 0.257 e. The molecule has 0 aliphatic heterocycles. The van der Waals surface area contributed by atoms with Gasteiger partial charge in [0.15, 0.2) is 5.75 Å². The van der Waals surface area contributed by atoms with Crippen LogP contribution in [-0.2, 0) is 11.3 Å². The van der Waals surface area contributed by atoms with Crippen molar-refractivity contribution < 1.29 is 23.5 Å². The van der Waals surface area contributed by atoms with Gasteiger partial charge in [-0.25, -0.2) is 8.78 Å². The molecule has 3 aromatic carbocycles. The number of phenolic OH excluding ortho intramolecular Hbond substituents is 1. The molecule has 0 saturated carbocycles. The molecule has 1 atom stereocenters. The normalized spacial score (nSPS) is 11.9. The predicted molar refractivity (Wildman–Crippen MR) is 131 cm³/mol. The van der Waals surface area contributed by atoms with Gasteiger partial charge in [-0.15, -0.1) is 0 Å². The summed E-state index contributed by atoms with van der Waals surface area (Å²) in [4.78, 5) is 50.9. The van der Waals surface area contributed by atoms with E-state index in [1.165, 1.54) is 37.2 Å². The third kappa shape index (κ3) is 5.35. The smallest absolute Gasteiger partial charge is 0.257 e. The van der Waals surface area contributed by atoms with Crippen LogP contribution < -0.4 is 26.8 Å². The SMILES string of the molecule is CC(C)[C@@H](Nc1c(Nc2cccc(C(=O)N(C)C)c2O)c(=O)c1=O)C(=O)NCc1cc(F)ccc1F. The molecule has 36 heavy (non-hydrogen) atoms. The van der Waals surface area contributed by atoms with E-state index in [2.05, 4.69) is 16.0 Å². The molecule has 0 aromatic heterocycles. The fourth-order valence-corrected chi connectivity index (χ4v) is 3.50. The van der Waals surface area contributed by atoms with Crippen LogP contribution in [0.25, 0.3) is 0 Å². The van der Waals surface area contributed by atoms with Gasteiger partial charge in [0.05, 0.1) is 11.3 Å². The average Bonchev–Trinajstić information content (AvgIpc) is 2.83. The highest BCUT2D eigenvalue weighted by atomic mass is 19.1. The summed E-state index contributed by atoms with van der Waals surface area (Å²) in [7, 11) is 3.03. The first-order valence-corrected chi connectivity index (χ1v) is 11.0. The number of nitrogens with zero attached hydrogens (tertiary/aromatic N) is 1. The third-order valence-corrected chi connectivity index (χ3v) is 5.55. The van der Waals surface area contributed by atoms with Crippen LogP contribution >= 0.6 is 0 Å². The summed E-state index contributed by atoms with van der Waals surface area (Å²) >= 11 is 0. The number of phenols is 1. The first-order valence-electron chi connectivity index (χ1n) is 11.0. The van der Waals surface area contributed by atoms with Gasteiger partial charge >= 0.3 is 0 Å². The van der Waals surface area contributed by atoms with E-state index in [1.54, 1.807) is 13.8 Å². The Kier molecular flexibility index (Phi) is 7.71. The molecule has 0 bridgehead atoms. The second-order valence-corrected chi connectivity index (χ2v) is 8.75. The van der Waals surface area contributed by atoms with E-state index in [0.29, 0.717) is 0 Å². The van der Waals surface area contributed by atoms with Gasteiger partial charge in [0.25, 0.3) is 16.8 Å². The van der Waals surface area contributed by atoms with E-state index in [-0.39, 0.29) is 40.7 Å². The molecule has 190 valence electrons. The van der Waals surface area contributed by atoms with Crippen LogP contribution in [0.4, 0.5) is 25.8 Å². The summed E-state index contributed by atoms with van der Waals surface area (Å²) in [5.41, 5.74) is -2.14. The Labute approximate surface area is 205 Å². The van der Waals surface area contributed by atoms with Crippen molar-refractivity contribution in [2.75, 3.05) is 24.7 Å². The van der Waals surface area contributed by atoms with Crippen molar-refractivity contribution in [2.45, 2.75) is 26.4 Å². The minimum Gasteiger partial charge on any atom is -0.505 e. The average molecular weight is 501 g/mol. The van der Waals surface area contributed by atoms with Crippen LogP contribution in [0.2, 0.25) is 0 Å². The first kappa shape index (κ1) is 26.3. The Balaban J connectivity index is 1.81. The molecule has 0 fully saturated rings. The molecule has 0 aliphatic rings. The number of rotatable bonds is 9. The summed E-state index contributed by atoms with van der Waals surface area (Å²) in [5, 5.41) is 18.4. The molecule has 0 heterocycles. The van der Waals surface area contributed by atoms with Crippen LogP contribution in [0.15, 0.2) is 46.0 Å². The number of anilines is 3. The number of para-hydroxylation sites is 1. The summed E-state index contributed by atoms with van der Waals surface area (Å²) in [6, 6.07) is 6.20. The zero-order valence-corrected chi connectivity index (χ0v) is 20.1. The number of hydrogen-bond acceptors (Lipinski definition) is 7. The van der Waals surface area contributed by atoms with Gasteiger partial charge in [-0.2, -0.15) is 0 Å². The lowest BCUT2D eigenvalue weighted by molar-refractivity contribution is -0.122. The van der Waals surface area contributed by atoms with Crippen molar-refractivity contribution in [1.29, 1.82) is 0 Å². The maximum absolute atomic E-state index is 13.9. The Morgan fingerprint density at radius 1 is 1.03 bits per heavy atom. The number of halogens is 2. The Morgan fingerprint density at radius 2 is 1.69 bits per heavy atom. The van der Waals surface area contributed by atoms with Crippen LogP contribution in [0.5, 0.6) is 5.75 Å². The second-order valence-electron chi connectivity index (χ2n) is 8.75. The van der Waals surface area contributed by atoms with E-state index < -0.39 is 46.1 Å². The van der Waals surface area contributed by atoms with Gasteiger partial charge in [0, 0.05) is 26.2 Å². The lowest BCUT2D eigenvalue weighted by atomic mass is 10.0. The molecule has 4 N–H and O–H groups in total. The van der Waals surface area contributed by atoms with E-state index in [4.69, 9.17) is 0 Å². The molecule has 0 saturated heterocycles. The van der Waals surface area contributed by atoms with Crippen molar-refractivity contribution in [3.8, 4) is 5.75 Å². The zero-order valence-electron chi connectivity index (χ0n) is 20.1. The largest absolute Gasteiger partial charge is 0.505 e. The maximum atomic E-state index is 13.9. The van der Waals surface area contributed by atoms with E-state index in [9.17, 15) is 33.1 Å². The van der Waals surface area contributed by atoms with Crippen molar-refractivity contribution in [2.24, 2.45) is 5.92 Å². The van der Waals surface area contributed by atoms with Crippen molar-refractivity contribution in [3.05, 3.63) is 79.6 Å². The second kappa shape index (κ2) is 10.5. The predicted octanol–water partition coefficient (Wildman–Crippen LogP) is 2.46. The number of nitrogens with one attached hydrogen (secondary N) is 3. The van der Waals surface area contributed by atoms with Crippen LogP contribution in [0.1, 0.15) is 29.8 Å². The fraction of sp³-hybridized carbons (Fsp3) is 0.280. The molecular weight excluding hydrogens is 474 g/mol. The Bertz CT molecular complexity index is 1380. The molecule has 3 rings (SSSR count). The number of amides is 2. The van der Waals surface area contributed by atoms with Crippen LogP contribution in [-0.4, -0.2) is 42.0 Å². The monoisotopic (exact) mass is 500 g/mol. The highest BCUT2D eigenvalue weighted by Gasteiger charge is 2.29. The fourth-order valence-electron chi connectivity index (χ4n) is 3.50. The lowest BCUT2D eigenvalue weighted by Gasteiger charge is -2.25. The minimum atomic E-state index is -0.999. The van der Waals surface area contributed by atoms with Gasteiger partial charge in [0.2, 0.25) is 5.91 Å². The quantitative estimate of drug-likeness (QED) is 0.263. The van der Waals surface area contributed by atoms with Gasteiger partial charge in [0.1, 0.15) is 29.1 Å². The lowest BCUT2D eigenvalue weighted by Crippen LogP contribution is -2.47. The highest BCUT2D eigenvalue weighted by Crippen LogP contribution is 2.32. The Hall–Kier alpha value is -4.28. The van der Waals surface area contributed by atoms with Gasteiger partial charge in [-0.3, -0.25) is 19.2 Å². The molecule has 0 radical (unpaired) electrons. The number of hydrogen-bond donors (Lipinski definition) is 4. The molecule has 0 spiro atoms. The van der Waals surface area contributed by atoms with Crippen LogP contribution in [0, 0.1) is 17.6 Å². The van der Waals surface area contributed by atoms with E-state index in [1.807, 2.05) is 0 Å². The van der Waals surface area contributed by atoms with Gasteiger partial charge in [-0.05, 0) is 36.2 Å². The van der Waals surface area contributed by atoms with Crippen molar-refractivity contribution in [3.63, 3.8) is 0 Å². The summed E-state index contributed by atoms with van der Waals surface area (Å²) in [5.74, 6) is -3.19. The number of aromatic hydroxyl groups is 1. The first-order chi connectivity index (χ1) is 16.9. The summed E-state index contributed by atoms with van der Waals surface area (Å²) < 4.78 is 27.3. The minimum absolute atomic E-state index is 0.0118. The molecule has 0 aliphatic carbocycles.